The predicted molar refractivity (Wildman–Crippen MR) is 80.8 cm³/mol. The Hall–Kier alpha value is -2.54. The van der Waals surface area contributed by atoms with Crippen LogP contribution in [0.25, 0.3) is 0 Å². The maximum absolute atomic E-state index is 10.8. The van der Waals surface area contributed by atoms with Crippen molar-refractivity contribution in [1.29, 1.82) is 0 Å². The largest absolute Gasteiger partial charge is 0.288 e. The second-order valence-electron chi connectivity index (χ2n) is 4.31. The molecule has 108 valence electrons. The Balaban J connectivity index is 2.14. The van der Waals surface area contributed by atoms with Crippen molar-refractivity contribution in [3.63, 3.8) is 0 Å². The van der Waals surface area contributed by atoms with Gasteiger partial charge in [-0.3, -0.25) is 10.1 Å². The number of aryl methyl sites for hydroxylation is 2. The highest BCUT2D eigenvalue weighted by molar-refractivity contribution is 6.32. The van der Waals surface area contributed by atoms with Gasteiger partial charge in [0, 0.05) is 23.0 Å². The van der Waals surface area contributed by atoms with Crippen molar-refractivity contribution < 1.29 is 4.92 Å². The monoisotopic (exact) mass is 305 g/mol. The fraction of sp³-hybridized carbons (Fsp3) is 0.154. The molecule has 1 N–H and O–H groups in total. The first-order valence-electron chi connectivity index (χ1n) is 6.01. The fourth-order valence-corrected chi connectivity index (χ4v) is 1.88. The molecule has 0 saturated heterocycles. The maximum atomic E-state index is 10.8. The summed E-state index contributed by atoms with van der Waals surface area (Å²) >= 11 is 5.73. The Morgan fingerprint density at radius 2 is 1.95 bits per heavy atom. The van der Waals surface area contributed by atoms with Gasteiger partial charge in [0.05, 0.1) is 11.1 Å². The third-order valence-corrected chi connectivity index (χ3v) is 2.85. The third kappa shape index (κ3) is 3.96. The zero-order valence-corrected chi connectivity index (χ0v) is 12.1. The number of nitro groups is 1. The number of hydrogen-bond donors (Lipinski definition) is 1. The number of anilines is 1. The van der Waals surface area contributed by atoms with E-state index in [9.17, 15) is 10.1 Å². The van der Waals surface area contributed by atoms with Crippen LogP contribution in [0, 0.1) is 24.0 Å². The number of benzene rings is 1. The number of aromatic nitrogens is 2. The second-order valence-corrected chi connectivity index (χ2v) is 4.72. The van der Waals surface area contributed by atoms with E-state index in [1.807, 2.05) is 19.9 Å². The van der Waals surface area contributed by atoms with Gasteiger partial charge < -0.3 is 0 Å². The zero-order valence-electron chi connectivity index (χ0n) is 11.4. The van der Waals surface area contributed by atoms with Crippen molar-refractivity contribution in [2.24, 2.45) is 5.10 Å². The smallest absolute Gasteiger partial charge is 0.258 e. The van der Waals surface area contributed by atoms with E-state index in [0.29, 0.717) is 11.5 Å². The van der Waals surface area contributed by atoms with Gasteiger partial charge in [-0.05, 0) is 26.0 Å². The average molecular weight is 306 g/mol. The highest BCUT2D eigenvalue weighted by atomic mass is 35.5. The van der Waals surface area contributed by atoms with E-state index in [-0.39, 0.29) is 10.7 Å². The number of hydrogen-bond acceptors (Lipinski definition) is 6. The predicted octanol–water partition coefficient (Wildman–Crippen LogP) is 3.10. The second kappa shape index (κ2) is 6.27. The minimum absolute atomic E-state index is 0.0859. The maximum Gasteiger partial charge on any atom is 0.288 e. The van der Waals surface area contributed by atoms with Crippen molar-refractivity contribution in [3.05, 3.63) is 56.4 Å². The van der Waals surface area contributed by atoms with E-state index in [2.05, 4.69) is 20.5 Å². The summed E-state index contributed by atoms with van der Waals surface area (Å²) in [5.41, 5.74) is 4.71. The van der Waals surface area contributed by atoms with Gasteiger partial charge in [-0.1, -0.05) is 17.7 Å². The van der Waals surface area contributed by atoms with Crippen molar-refractivity contribution in [1.82, 2.24) is 9.97 Å². The lowest BCUT2D eigenvalue weighted by atomic mass is 10.2. The van der Waals surface area contributed by atoms with E-state index >= 15 is 0 Å². The summed E-state index contributed by atoms with van der Waals surface area (Å²) < 4.78 is 0. The Morgan fingerprint density at radius 3 is 2.57 bits per heavy atom. The topological polar surface area (TPSA) is 93.3 Å². The van der Waals surface area contributed by atoms with Crippen LogP contribution in [0.1, 0.15) is 17.0 Å². The van der Waals surface area contributed by atoms with Crippen molar-refractivity contribution >= 4 is 29.5 Å². The van der Waals surface area contributed by atoms with Crippen LogP contribution in [-0.2, 0) is 0 Å². The summed E-state index contributed by atoms with van der Waals surface area (Å²) in [4.78, 5) is 18.6. The lowest BCUT2D eigenvalue weighted by molar-refractivity contribution is -0.384. The Bertz CT molecular complexity index is 697. The summed E-state index contributed by atoms with van der Waals surface area (Å²) in [6.45, 7) is 3.71. The number of nitrogens with one attached hydrogen (secondary N) is 1. The van der Waals surface area contributed by atoms with Gasteiger partial charge in [-0.15, -0.1) is 0 Å². The van der Waals surface area contributed by atoms with E-state index in [0.717, 1.165) is 11.4 Å². The highest BCUT2D eigenvalue weighted by Gasteiger charge is 2.11. The van der Waals surface area contributed by atoms with E-state index in [1.165, 1.54) is 18.3 Å². The summed E-state index contributed by atoms with van der Waals surface area (Å²) in [7, 11) is 0. The molecule has 2 rings (SSSR count). The van der Waals surface area contributed by atoms with Crippen LogP contribution >= 0.6 is 11.6 Å². The molecule has 2 aromatic rings. The summed E-state index contributed by atoms with van der Waals surface area (Å²) in [5.74, 6) is 0.368. The molecule has 8 heteroatoms. The van der Waals surface area contributed by atoms with Gasteiger partial charge in [0.1, 0.15) is 5.02 Å². The molecule has 0 amide bonds. The third-order valence-electron chi connectivity index (χ3n) is 2.53. The molecule has 0 aliphatic rings. The first kappa shape index (κ1) is 14.9. The standard InChI is InChI=1S/C13H12ClN5O2/c1-8-5-9(2)17-13(16-8)18-15-7-10-3-4-11(14)12(6-10)19(20)21/h3-7H,1-2H3,(H,16,17,18)/b15-7-. The molecule has 0 spiro atoms. The zero-order chi connectivity index (χ0) is 15.4. The summed E-state index contributed by atoms with van der Waals surface area (Å²) in [6, 6.07) is 6.27. The molecule has 1 aromatic heterocycles. The molecule has 1 heterocycles. The molecule has 0 radical (unpaired) electrons. The quantitative estimate of drug-likeness (QED) is 0.532. The molecule has 7 nitrogen and oxygen atoms in total. The molecular formula is C13H12ClN5O2. The molecule has 1 aromatic carbocycles. The van der Waals surface area contributed by atoms with Crippen LogP contribution < -0.4 is 5.43 Å². The Labute approximate surface area is 125 Å². The molecule has 0 unspecified atom stereocenters. The number of rotatable bonds is 4. The number of nitrogens with zero attached hydrogens (tertiary/aromatic N) is 4. The lowest BCUT2D eigenvalue weighted by Gasteiger charge is -2.01. The number of halogens is 1. The van der Waals surface area contributed by atoms with Crippen LogP contribution in [0.15, 0.2) is 29.4 Å². The SMILES string of the molecule is Cc1cc(C)nc(N/N=C\c2ccc(Cl)c([N+](=O)[O-])c2)n1. The normalized spacial score (nSPS) is 10.8. The Morgan fingerprint density at radius 1 is 1.29 bits per heavy atom. The van der Waals surface area contributed by atoms with E-state index in [1.54, 1.807) is 6.07 Å². The number of hydrazone groups is 1. The molecular weight excluding hydrogens is 294 g/mol. The number of nitro benzene ring substituents is 1. The van der Waals surface area contributed by atoms with E-state index < -0.39 is 4.92 Å². The van der Waals surface area contributed by atoms with Gasteiger partial charge in [-0.2, -0.15) is 5.10 Å². The molecule has 0 saturated carbocycles. The minimum Gasteiger partial charge on any atom is -0.258 e. The van der Waals surface area contributed by atoms with Crippen LogP contribution in [-0.4, -0.2) is 21.1 Å². The van der Waals surface area contributed by atoms with Gasteiger partial charge >= 0.3 is 0 Å². The van der Waals surface area contributed by atoms with Gasteiger partial charge in [0.2, 0.25) is 5.95 Å². The molecule has 0 fully saturated rings. The molecule has 0 bridgehead atoms. The van der Waals surface area contributed by atoms with Crippen LogP contribution in [0.3, 0.4) is 0 Å². The minimum atomic E-state index is -0.542. The van der Waals surface area contributed by atoms with Crippen molar-refractivity contribution in [2.75, 3.05) is 5.43 Å². The first-order chi connectivity index (χ1) is 9.95. The first-order valence-corrected chi connectivity index (χ1v) is 6.39. The average Bonchev–Trinajstić information content (AvgIpc) is 2.39. The molecule has 0 atom stereocenters. The molecule has 0 aliphatic heterocycles. The molecule has 0 aliphatic carbocycles. The highest BCUT2D eigenvalue weighted by Crippen LogP contribution is 2.24. The van der Waals surface area contributed by atoms with Crippen LogP contribution in [0.4, 0.5) is 11.6 Å². The fourth-order valence-electron chi connectivity index (χ4n) is 1.69. The Kier molecular flexibility index (Phi) is 4.44. The molecule has 21 heavy (non-hydrogen) atoms. The van der Waals surface area contributed by atoms with Gasteiger partial charge in [0.25, 0.3) is 5.69 Å². The summed E-state index contributed by atoms with van der Waals surface area (Å²) in [6.07, 6.45) is 1.43. The van der Waals surface area contributed by atoms with Crippen molar-refractivity contribution in [3.8, 4) is 0 Å². The summed E-state index contributed by atoms with van der Waals surface area (Å²) in [5, 5.41) is 14.8. The lowest BCUT2D eigenvalue weighted by Crippen LogP contribution is -2.00. The van der Waals surface area contributed by atoms with Gasteiger partial charge in [0.15, 0.2) is 0 Å². The van der Waals surface area contributed by atoms with Crippen molar-refractivity contribution in [2.45, 2.75) is 13.8 Å². The van der Waals surface area contributed by atoms with Gasteiger partial charge in [-0.25, -0.2) is 15.4 Å². The van der Waals surface area contributed by atoms with Crippen LogP contribution in [0.2, 0.25) is 5.02 Å². The van der Waals surface area contributed by atoms with Crippen LogP contribution in [0.5, 0.6) is 0 Å². The van der Waals surface area contributed by atoms with E-state index in [4.69, 9.17) is 11.6 Å².